The van der Waals surface area contributed by atoms with Crippen LogP contribution in [0.25, 0.3) is 10.8 Å². The number of rotatable bonds is 0. The SMILES string of the molecule is Fc1[c]c(F)c2c(F)c(F)c(F)c(F)c2c1F.[Br][Mg][Br]. The summed E-state index contributed by atoms with van der Waals surface area (Å²) in [4.78, 5) is 0. The molecule has 2 aromatic rings. The Bertz CT molecular complexity index is 662. The van der Waals surface area contributed by atoms with Gasteiger partial charge in [-0.15, -0.1) is 0 Å². The minimum Gasteiger partial charge on any atom is -0.280 e. The third kappa shape index (κ3) is 3.23. The van der Waals surface area contributed by atoms with Gasteiger partial charge in [-0.2, -0.15) is 0 Å². The largest absolute Gasteiger partial charge is 0.560 e. The van der Waals surface area contributed by atoms with Crippen molar-refractivity contribution < 1.29 is 30.7 Å². The lowest BCUT2D eigenvalue weighted by Crippen LogP contribution is -2.03. The smallest absolute Gasteiger partial charge is 0.280 e. The van der Waals surface area contributed by atoms with E-state index in [9.17, 15) is 30.7 Å². The van der Waals surface area contributed by atoms with E-state index in [0.29, 0.717) is 0 Å². The van der Waals surface area contributed by atoms with Gasteiger partial charge in [-0.3, -0.25) is 25.8 Å². The van der Waals surface area contributed by atoms with Crippen LogP contribution >= 0.6 is 25.8 Å². The van der Waals surface area contributed by atoms with Gasteiger partial charge in [0.1, 0.15) is 5.82 Å². The summed E-state index contributed by atoms with van der Waals surface area (Å²) in [5.41, 5.74) is 0. The van der Waals surface area contributed by atoms with Crippen molar-refractivity contribution in [2.45, 2.75) is 0 Å². The first kappa shape index (κ1) is 18.0. The van der Waals surface area contributed by atoms with Gasteiger partial charge < -0.3 is 0 Å². The minimum atomic E-state index is -2.35. The molecule has 0 bridgehead atoms. The molecule has 0 aliphatic heterocycles. The molecule has 0 aliphatic carbocycles. The normalized spacial score (nSPS) is 10.1. The molecule has 0 aliphatic rings. The van der Waals surface area contributed by atoms with Crippen LogP contribution in [0.2, 0.25) is 0 Å². The first-order chi connectivity index (χ1) is 9.27. The molecular weight excluding hydrogens is 437 g/mol. The molecule has 2 rings (SSSR count). The number of hydrogen-bond acceptors (Lipinski definition) is 0. The molecule has 0 atom stereocenters. The Labute approximate surface area is 129 Å². The van der Waals surface area contributed by atoms with Crippen molar-refractivity contribution in [3.8, 4) is 0 Å². The quantitative estimate of drug-likeness (QED) is 0.238. The van der Waals surface area contributed by atoms with E-state index in [1.165, 1.54) is 0 Å². The Morgan fingerprint density at radius 2 is 1.00 bits per heavy atom. The van der Waals surface area contributed by atoms with E-state index < -0.39 is 51.5 Å². The Kier molecular flexibility index (Phi) is 6.54. The van der Waals surface area contributed by atoms with E-state index in [4.69, 9.17) is 0 Å². The molecule has 0 fully saturated rings. The van der Waals surface area contributed by atoms with Gasteiger partial charge >= 0.3 is 16.0 Å². The van der Waals surface area contributed by atoms with Crippen LogP contribution in [-0.2, 0) is 0 Å². The zero-order chi connectivity index (χ0) is 15.6. The fourth-order valence-electron chi connectivity index (χ4n) is 1.37. The van der Waals surface area contributed by atoms with Crippen molar-refractivity contribution in [2.24, 2.45) is 0 Å². The molecule has 20 heavy (non-hydrogen) atoms. The van der Waals surface area contributed by atoms with E-state index >= 15 is 0 Å². The zero-order valence-electron chi connectivity index (χ0n) is 9.11. The van der Waals surface area contributed by atoms with E-state index in [1.54, 1.807) is 0 Å². The summed E-state index contributed by atoms with van der Waals surface area (Å²) in [6, 6.07) is 1.09. The van der Waals surface area contributed by atoms with Gasteiger partial charge in [0, 0.05) is 0 Å². The fraction of sp³-hybridized carbons (Fsp3) is 0. The number of benzene rings is 2. The highest BCUT2D eigenvalue weighted by Gasteiger charge is 2.27. The lowest BCUT2D eigenvalue weighted by atomic mass is 10.1. The third-order valence-corrected chi connectivity index (χ3v) is 2.12. The van der Waals surface area contributed by atoms with Crippen molar-refractivity contribution in [3.05, 3.63) is 46.8 Å². The maximum Gasteiger partial charge on any atom is 0.560 e. The predicted molar refractivity (Wildman–Crippen MR) is 66.1 cm³/mol. The van der Waals surface area contributed by atoms with Gasteiger partial charge in [0.2, 0.25) is 0 Å². The van der Waals surface area contributed by atoms with Crippen LogP contribution in [0.1, 0.15) is 0 Å². The lowest BCUT2D eigenvalue weighted by molar-refractivity contribution is 0.411. The Balaban J connectivity index is 0.000000612. The summed E-state index contributed by atoms with van der Waals surface area (Å²) >= 11 is 6.44. The second kappa shape index (κ2) is 7.28. The van der Waals surface area contributed by atoms with E-state index in [2.05, 4.69) is 25.8 Å². The highest BCUT2D eigenvalue weighted by molar-refractivity contribution is 9.47. The number of hydrogen-bond donors (Lipinski definition) is 0. The van der Waals surface area contributed by atoms with E-state index in [1.807, 2.05) is 0 Å². The summed E-state index contributed by atoms with van der Waals surface area (Å²) in [7, 11) is 0. The third-order valence-electron chi connectivity index (χ3n) is 2.12. The van der Waals surface area contributed by atoms with E-state index in [0.717, 1.165) is 6.07 Å². The summed E-state index contributed by atoms with van der Waals surface area (Å²) < 4.78 is 90.4. The predicted octanol–water partition coefficient (Wildman–Crippen LogP) is 4.92. The number of fused-ring (bicyclic) bond motifs is 1. The molecular formula is C10Br2F7Mg. The molecule has 105 valence electrons. The zero-order valence-corrected chi connectivity index (χ0v) is 13.7. The van der Waals surface area contributed by atoms with Crippen molar-refractivity contribution in [2.75, 3.05) is 0 Å². The topological polar surface area (TPSA) is 0 Å². The molecule has 0 nitrogen and oxygen atoms in total. The average molecular weight is 437 g/mol. The fourth-order valence-corrected chi connectivity index (χ4v) is 1.37. The maximum absolute atomic E-state index is 13.1. The van der Waals surface area contributed by atoms with Crippen molar-refractivity contribution in [1.29, 1.82) is 0 Å². The molecule has 1 radical (unpaired) electrons. The van der Waals surface area contributed by atoms with Gasteiger partial charge in [0.05, 0.1) is 16.8 Å². The van der Waals surface area contributed by atoms with Crippen LogP contribution < -0.4 is 0 Å². The Morgan fingerprint density at radius 3 is 1.45 bits per heavy atom. The summed E-state index contributed by atoms with van der Waals surface area (Å²) in [6.45, 7) is 0. The maximum atomic E-state index is 13.1. The summed E-state index contributed by atoms with van der Waals surface area (Å²) in [5, 5.41) is -3.16. The first-order valence-corrected chi connectivity index (χ1v) is 12.4. The van der Waals surface area contributed by atoms with Crippen LogP contribution in [-0.4, -0.2) is 16.0 Å². The molecule has 2 aromatic carbocycles. The molecule has 0 aromatic heterocycles. The number of halogens is 9. The molecule has 0 saturated carbocycles. The molecule has 0 amide bonds. The standard InChI is InChI=1S/C10F7.2BrH.Mg/c11-2-1-3(12)6(13)5-4(2)7(14)9(16)10(17)8(5)15;;;/h;2*1H;/q;;;+2/p-2. The van der Waals surface area contributed by atoms with Crippen molar-refractivity contribution in [3.63, 3.8) is 0 Å². The molecule has 10 heteroatoms. The molecule has 0 saturated heterocycles. The molecule has 0 unspecified atom stereocenters. The van der Waals surface area contributed by atoms with Gasteiger partial charge in [-0.1, -0.05) is 0 Å². The Morgan fingerprint density at radius 1 is 0.600 bits per heavy atom. The molecule has 0 spiro atoms. The second-order valence-corrected chi connectivity index (χ2v) is 11.3. The highest BCUT2D eigenvalue weighted by atomic mass is 79.9. The highest BCUT2D eigenvalue weighted by Crippen LogP contribution is 2.31. The van der Waals surface area contributed by atoms with Gasteiger partial charge in [0.15, 0.2) is 34.9 Å². The van der Waals surface area contributed by atoms with Crippen LogP contribution in [0.15, 0.2) is 0 Å². The average Bonchev–Trinajstić information content (AvgIpc) is 2.38. The monoisotopic (exact) mass is 435 g/mol. The van der Waals surface area contributed by atoms with Crippen LogP contribution in [0.4, 0.5) is 30.7 Å². The van der Waals surface area contributed by atoms with Crippen molar-refractivity contribution >= 4 is 52.6 Å². The van der Waals surface area contributed by atoms with E-state index in [-0.39, 0.29) is 16.0 Å². The van der Waals surface area contributed by atoms with Crippen LogP contribution in [0.5, 0.6) is 0 Å². The second-order valence-electron chi connectivity index (χ2n) is 3.17. The first-order valence-electron chi connectivity index (χ1n) is 4.61. The molecule has 0 N–H and O–H groups in total. The van der Waals surface area contributed by atoms with Crippen LogP contribution in [0, 0.1) is 46.8 Å². The van der Waals surface area contributed by atoms with Crippen molar-refractivity contribution in [1.82, 2.24) is 0 Å². The molecule has 0 heterocycles. The van der Waals surface area contributed by atoms with Crippen LogP contribution in [0.3, 0.4) is 0 Å². The minimum absolute atomic E-state index is 0.0417. The Hall–Kier alpha value is -0.0638. The summed E-state index contributed by atoms with van der Waals surface area (Å²) in [5.74, 6) is -14.9. The lowest BCUT2D eigenvalue weighted by Gasteiger charge is -2.06. The summed E-state index contributed by atoms with van der Waals surface area (Å²) in [6.07, 6.45) is 0. The van der Waals surface area contributed by atoms with Gasteiger partial charge in [0.25, 0.3) is 0 Å². The van der Waals surface area contributed by atoms with Gasteiger partial charge in [-0.05, 0) is 0 Å². The van der Waals surface area contributed by atoms with Gasteiger partial charge in [-0.25, -0.2) is 30.7 Å².